The number of hydrogen-bond acceptors (Lipinski definition) is 3. The molecular weight excluding hydrogens is 200 g/mol. The molecule has 3 nitrogen and oxygen atoms in total. The predicted octanol–water partition coefficient (Wildman–Crippen LogP) is 1.87. The number of aryl methyl sites for hydroxylation is 1. The van der Waals surface area contributed by atoms with Crippen LogP contribution in [0.1, 0.15) is 21.5 Å². The van der Waals surface area contributed by atoms with Crippen LogP contribution in [0.3, 0.4) is 0 Å². The number of ketones is 1. The van der Waals surface area contributed by atoms with E-state index < -0.39 is 0 Å². The maximum atomic E-state index is 11.3. The third kappa shape index (κ3) is 1.86. The molecule has 0 saturated carbocycles. The molecule has 0 radical (unpaired) electrons. The fraction of sp³-hybridized carbons (Fsp3) is 0.200. The summed E-state index contributed by atoms with van der Waals surface area (Å²) in [5.41, 5.74) is 7.53. The molecule has 14 heavy (non-hydrogen) atoms. The van der Waals surface area contributed by atoms with Gasteiger partial charge in [-0.15, -0.1) is 11.6 Å². The monoisotopic (exact) mass is 208 g/mol. The highest BCUT2D eigenvalue weighted by Gasteiger charge is 2.11. The number of alkyl halides is 1. The summed E-state index contributed by atoms with van der Waals surface area (Å²) in [6.07, 6.45) is 0. The smallest absolute Gasteiger partial charge is 0.178 e. The second kappa shape index (κ2) is 4.12. The van der Waals surface area contributed by atoms with E-state index in [4.69, 9.17) is 22.6 Å². The molecule has 1 aromatic carbocycles. The average molecular weight is 209 g/mol. The molecule has 0 saturated heterocycles. The van der Waals surface area contributed by atoms with E-state index in [1.165, 1.54) is 6.07 Å². The summed E-state index contributed by atoms with van der Waals surface area (Å²) in [5, 5.41) is 8.79. The Morgan fingerprint density at radius 3 is 2.79 bits per heavy atom. The SMILES string of the molecule is Cc1cc(C#N)c(C(=O)CCl)cc1N. The Bertz CT molecular complexity index is 421. The van der Waals surface area contributed by atoms with Gasteiger partial charge in [-0.1, -0.05) is 0 Å². The molecule has 4 heteroatoms. The van der Waals surface area contributed by atoms with E-state index in [0.717, 1.165) is 5.56 Å². The minimum Gasteiger partial charge on any atom is -0.398 e. The highest BCUT2D eigenvalue weighted by molar-refractivity contribution is 6.30. The van der Waals surface area contributed by atoms with Crippen molar-refractivity contribution < 1.29 is 4.79 Å². The summed E-state index contributed by atoms with van der Waals surface area (Å²) >= 11 is 5.41. The van der Waals surface area contributed by atoms with Gasteiger partial charge in [-0.25, -0.2) is 0 Å². The molecule has 1 aromatic rings. The van der Waals surface area contributed by atoms with Crippen LogP contribution in [0.25, 0.3) is 0 Å². The van der Waals surface area contributed by atoms with Crippen LogP contribution in [0.15, 0.2) is 12.1 Å². The number of hydrogen-bond donors (Lipinski definition) is 1. The van der Waals surface area contributed by atoms with Gasteiger partial charge in [0.25, 0.3) is 0 Å². The first kappa shape index (κ1) is 10.6. The van der Waals surface area contributed by atoms with Gasteiger partial charge in [0.15, 0.2) is 5.78 Å². The van der Waals surface area contributed by atoms with Crippen LogP contribution in [0.5, 0.6) is 0 Å². The van der Waals surface area contributed by atoms with Crippen molar-refractivity contribution in [2.24, 2.45) is 0 Å². The second-order valence-electron chi connectivity index (χ2n) is 2.92. The average Bonchev–Trinajstić information content (AvgIpc) is 2.20. The predicted molar refractivity (Wildman–Crippen MR) is 55.4 cm³/mol. The highest BCUT2D eigenvalue weighted by atomic mass is 35.5. The molecule has 0 aliphatic carbocycles. The number of halogens is 1. The molecule has 0 unspecified atom stereocenters. The summed E-state index contributed by atoms with van der Waals surface area (Å²) < 4.78 is 0. The number of carbonyl (C=O) groups is 1. The molecule has 0 amide bonds. The van der Waals surface area contributed by atoms with E-state index in [0.29, 0.717) is 16.8 Å². The fourth-order valence-electron chi connectivity index (χ4n) is 1.12. The number of benzene rings is 1. The normalized spacial score (nSPS) is 9.50. The quantitative estimate of drug-likeness (QED) is 0.458. The van der Waals surface area contributed by atoms with Gasteiger partial charge in [0.05, 0.1) is 17.5 Å². The van der Waals surface area contributed by atoms with Crippen molar-refractivity contribution in [3.05, 3.63) is 28.8 Å². The molecule has 0 aliphatic heterocycles. The van der Waals surface area contributed by atoms with Gasteiger partial charge in [0, 0.05) is 11.3 Å². The zero-order valence-corrected chi connectivity index (χ0v) is 8.43. The standard InChI is InChI=1S/C10H9ClN2O/c1-6-2-7(5-12)8(3-9(6)13)10(14)4-11/h2-3H,4,13H2,1H3. The lowest BCUT2D eigenvalue weighted by molar-refractivity contribution is 0.102. The van der Waals surface area contributed by atoms with Crippen LogP contribution in [-0.2, 0) is 0 Å². The van der Waals surface area contributed by atoms with Crippen LogP contribution in [-0.4, -0.2) is 11.7 Å². The lowest BCUT2D eigenvalue weighted by Crippen LogP contribution is -2.05. The Balaban J connectivity index is 3.36. The third-order valence-electron chi connectivity index (χ3n) is 1.95. The van der Waals surface area contributed by atoms with Crippen LogP contribution < -0.4 is 5.73 Å². The minimum atomic E-state index is -0.282. The van der Waals surface area contributed by atoms with Crippen LogP contribution >= 0.6 is 11.6 Å². The Morgan fingerprint density at radius 2 is 2.29 bits per heavy atom. The van der Waals surface area contributed by atoms with Crippen LogP contribution in [0.4, 0.5) is 5.69 Å². The van der Waals surface area contributed by atoms with Gasteiger partial charge < -0.3 is 5.73 Å². The number of carbonyl (C=O) groups excluding carboxylic acids is 1. The zero-order valence-electron chi connectivity index (χ0n) is 7.67. The number of nitrogens with two attached hydrogens (primary N) is 1. The van der Waals surface area contributed by atoms with Crippen molar-refractivity contribution >= 4 is 23.1 Å². The van der Waals surface area contributed by atoms with Gasteiger partial charge in [0.2, 0.25) is 0 Å². The molecule has 0 heterocycles. The zero-order chi connectivity index (χ0) is 10.7. The number of rotatable bonds is 2. The molecule has 0 aromatic heterocycles. The van der Waals surface area contributed by atoms with E-state index >= 15 is 0 Å². The molecular formula is C10H9ClN2O. The fourth-order valence-corrected chi connectivity index (χ4v) is 1.26. The van der Waals surface area contributed by atoms with Gasteiger partial charge in [-0.2, -0.15) is 5.26 Å². The summed E-state index contributed by atoms with van der Waals surface area (Å²) in [6.45, 7) is 1.78. The maximum absolute atomic E-state index is 11.3. The van der Waals surface area contributed by atoms with Crippen molar-refractivity contribution in [1.29, 1.82) is 5.26 Å². The van der Waals surface area contributed by atoms with Gasteiger partial charge in [-0.05, 0) is 24.6 Å². The first-order valence-electron chi connectivity index (χ1n) is 3.99. The molecule has 0 aliphatic rings. The number of nitriles is 1. The van der Waals surface area contributed by atoms with Crippen molar-refractivity contribution in [2.75, 3.05) is 11.6 Å². The van der Waals surface area contributed by atoms with Crippen LogP contribution in [0, 0.1) is 18.3 Å². The first-order valence-corrected chi connectivity index (χ1v) is 4.53. The van der Waals surface area contributed by atoms with Gasteiger partial charge >= 0.3 is 0 Å². The summed E-state index contributed by atoms with van der Waals surface area (Å²) in [5.74, 6) is -0.424. The molecule has 2 N–H and O–H groups in total. The van der Waals surface area contributed by atoms with E-state index in [2.05, 4.69) is 0 Å². The first-order chi connectivity index (χ1) is 6.60. The Labute approximate surface area is 87.1 Å². The van der Waals surface area contributed by atoms with E-state index in [1.807, 2.05) is 6.07 Å². The number of nitrogen functional groups attached to an aromatic ring is 1. The van der Waals surface area contributed by atoms with Crippen molar-refractivity contribution in [1.82, 2.24) is 0 Å². The third-order valence-corrected chi connectivity index (χ3v) is 2.19. The molecule has 0 spiro atoms. The Morgan fingerprint density at radius 1 is 1.64 bits per heavy atom. The Kier molecular flexibility index (Phi) is 3.10. The molecule has 0 atom stereocenters. The van der Waals surface area contributed by atoms with Gasteiger partial charge in [0.1, 0.15) is 0 Å². The topological polar surface area (TPSA) is 66.9 Å². The van der Waals surface area contributed by atoms with Crippen LogP contribution in [0.2, 0.25) is 0 Å². The minimum absolute atomic E-state index is 0.142. The molecule has 1 rings (SSSR count). The largest absolute Gasteiger partial charge is 0.398 e. The van der Waals surface area contributed by atoms with Crippen molar-refractivity contribution in [3.63, 3.8) is 0 Å². The van der Waals surface area contributed by atoms with E-state index in [1.54, 1.807) is 13.0 Å². The summed E-state index contributed by atoms with van der Waals surface area (Å²) in [4.78, 5) is 11.3. The van der Waals surface area contributed by atoms with E-state index in [9.17, 15) is 4.79 Å². The number of Topliss-reactive ketones (excluding diaryl/α,β-unsaturated/α-hetero) is 1. The molecule has 72 valence electrons. The number of anilines is 1. The Hall–Kier alpha value is -1.53. The summed E-state index contributed by atoms with van der Waals surface area (Å²) in [7, 11) is 0. The summed E-state index contributed by atoms with van der Waals surface area (Å²) in [6, 6.07) is 5.03. The molecule has 0 fully saturated rings. The lowest BCUT2D eigenvalue weighted by atomic mass is 10.0. The second-order valence-corrected chi connectivity index (χ2v) is 3.19. The molecule has 0 bridgehead atoms. The maximum Gasteiger partial charge on any atom is 0.178 e. The van der Waals surface area contributed by atoms with E-state index in [-0.39, 0.29) is 11.7 Å². The van der Waals surface area contributed by atoms with Gasteiger partial charge in [-0.3, -0.25) is 4.79 Å². The van der Waals surface area contributed by atoms with Crippen molar-refractivity contribution in [3.8, 4) is 6.07 Å². The lowest BCUT2D eigenvalue weighted by Gasteiger charge is -2.05. The number of nitrogens with zero attached hydrogens (tertiary/aromatic N) is 1. The highest BCUT2D eigenvalue weighted by Crippen LogP contribution is 2.18. The van der Waals surface area contributed by atoms with Crippen molar-refractivity contribution in [2.45, 2.75) is 6.92 Å².